The number of Topliss-reactive ketones (excluding diaryl/α,β-unsaturated/α-hetero) is 1. The fraction of sp³-hybridized carbons (Fsp3) is 0.500. The lowest BCUT2D eigenvalue weighted by atomic mass is 9.96. The molecule has 3 nitrogen and oxygen atoms in total. The fourth-order valence-corrected chi connectivity index (χ4v) is 3.45. The molecule has 3 rings (SSSR count). The van der Waals surface area contributed by atoms with Crippen LogP contribution in [0.4, 0.5) is 5.69 Å². The Kier molecular flexibility index (Phi) is 3.67. The van der Waals surface area contributed by atoms with Gasteiger partial charge in [0.1, 0.15) is 0 Å². The number of carbonyl (C=O) groups excluding carboxylic acids is 2. The minimum Gasteiger partial charge on any atom is -0.312 e. The van der Waals surface area contributed by atoms with Crippen molar-refractivity contribution in [2.75, 3.05) is 11.4 Å². The minimum atomic E-state index is 0.0499. The number of rotatable bonds is 3. The molecule has 0 spiro atoms. The summed E-state index contributed by atoms with van der Waals surface area (Å²) in [5.41, 5.74) is 2.80. The van der Waals surface area contributed by atoms with Gasteiger partial charge in [0.2, 0.25) is 5.91 Å². The maximum Gasteiger partial charge on any atom is 0.223 e. The van der Waals surface area contributed by atoms with Crippen molar-refractivity contribution in [1.82, 2.24) is 0 Å². The van der Waals surface area contributed by atoms with E-state index in [9.17, 15) is 9.59 Å². The SMILES string of the molecule is CC(=O)N1CCCc2cc(Br)c(C(=O)CC3CC3)cc21. The molecule has 1 aromatic rings. The Bertz CT molecular complexity index is 578. The highest BCUT2D eigenvalue weighted by atomic mass is 79.9. The standard InChI is InChI=1S/C16H18BrNO2/c1-10(19)18-6-2-3-12-8-14(17)13(9-15(12)18)16(20)7-11-4-5-11/h8-9,11H,2-7H2,1H3. The van der Waals surface area contributed by atoms with Crippen LogP contribution >= 0.6 is 15.9 Å². The number of fused-ring (bicyclic) bond motifs is 1. The quantitative estimate of drug-likeness (QED) is 0.789. The lowest BCUT2D eigenvalue weighted by molar-refractivity contribution is -0.116. The van der Waals surface area contributed by atoms with E-state index in [2.05, 4.69) is 15.9 Å². The number of hydrogen-bond acceptors (Lipinski definition) is 2. The van der Waals surface area contributed by atoms with E-state index in [0.29, 0.717) is 12.3 Å². The van der Waals surface area contributed by atoms with Crippen LogP contribution < -0.4 is 4.90 Å². The smallest absolute Gasteiger partial charge is 0.223 e. The first-order valence-electron chi connectivity index (χ1n) is 7.20. The number of amides is 1. The number of halogens is 1. The Morgan fingerprint density at radius 2 is 2.10 bits per heavy atom. The molecule has 0 N–H and O–H groups in total. The summed E-state index contributed by atoms with van der Waals surface area (Å²) in [5.74, 6) is 0.819. The van der Waals surface area contributed by atoms with Crippen LogP contribution in [0.3, 0.4) is 0 Å². The monoisotopic (exact) mass is 335 g/mol. The number of hydrogen-bond donors (Lipinski definition) is 0. The second kappa shape index (κ2) is 5.32. The summed E-state index contributed by atoms with van der Waals surface area (Å²) in [4.78, 5) is 25.9. The summed E-state index contributed by atoms with van der Waals surface area (Å²) in [6, 6.07) is 3.93. The summed E-state index contributed by atoms with van der Waals surface area (Å²) in [6.45, 7) is 2.34. The van der Waals surface area contributed by atoms with Crippen LogP contribution in [0, 0.1) is 5.92 Å². The molecule has 1 aromatic carbocycles. The lowest BCUT2D eigenvalue weighted by Gasteiger charge is -2.29. The molecule has 4 heteroatoms. The zero-order valence-corrected chi connectivity index (χ0v) is 13.2. The van der Waals surface area contributed by atoms with Crippen molar-refractivity contribution in [3.8, 4) is 0 Å². The van der Waals surface area contributed by atoms with Crippen LogP contribution in [0.5, 0.6) is 0 Å². The van der Waals surface area contributed by atoms with Crippen LogP contribution in [0.15, 0.2) is 16.6 Å². The molecule has 0 aromatic heterocycles. The molecule has 0 atom stereocenters. The van der Waals surface area contributed by atoms with Crippen LogP contribution in [0.1, 0.15) is 48.5 Å². The van der Waals surface area contributed by atoms with E-state index in [0.717, 1.165) is 40.7 Å². The summed E-state index contributed by atoms with van der Waals surface area (Å²) in [5, 5.41) is 0. The van der Waals surface area contributed by atoms with Crippen LogP contribution in [-0.4, -0.2) is 18.2 Å². The second-order valence-corrected chi connectivity index (χ2v) is 6.66. The molecule has 1 amide bonds. The molecular formula is C16H18BrNO2. The summed E-state index contributed by atoms with van der Waals surface area (Å²) < 4.78 is 0.868. The Labute approximate surface area is 127 Å². The zero-order chi connectivity index (χ0) is 14.3. The van der Waals surface area contributed by atoms with E-state index in [4.69, 9.17) is 0 Å². The highest BCUT2D eigenvalue weighted by Gasteiger charge is 2.28. The van der Waals surface area contributed by atoms with Crippen molar-refractivity contribution in [1.29, 1.82) is 0 Å². The number of nitrogens with zero attached hydrogens (tertiary/aromatic N) is 1. The van der Waals surface area contributed by atoms with Gasteiger partial charge in [0.25, 0.3) is 0 Å². The Hall–Kier alpha value is -1.16. The minimum absolute atomic E-state index is 0.0499. The first kappa shape index (κ1) is 13.8. The first-order valence-corrected chi connectivity index (χ1v) is 7.99. The van der Waals surface area contributed by atoms with Gasteiger partial charge in [-0.05, 0) is 49.3 Å². The van der Waals surface area contributed by atoms with Gasteiger partial charge in [-0.3, -0.25) is 9.59 Å². The predicted octanol–water partition coefficient (Wildman–Crippen LogP) is 3.73. The highest BCUT2D eigenvalue weighted by Crippen LogP contribution is 2.37. The number of carbonyl (C=O) groups is 2. The normalized spacial score (nSPS) is 17.8. The average molecular weight is 336 g/mol. The summed E-state index contributed by atoms with van der Waals surface area (Å²) in [7, 11) is 0. The molecule has 1 aliphatic heterocycles. The Morgan fingerprint density at radius 1 is 1.35 bits per heavy atom. The van der Waals surface area contributed by atoms with Gasteiger partial charge in [-0.2, -0.15) is 0 Å². The van der Waals surface area contributed by atoms with E-state index in [-0.39, 0.29) is 11.7 Å². The van der Waals surface area contributed by atoms with Crippen molar-refractivity contribution >= 4 is 33.3 Å². The van der Waals surface area contributed by atoms with Crippen molar-refractivity contribution in [2.24, 2.45) is 5.92 Å². The molecule has 0 radical (unpaired) electrons. The largest absolute Gasteiger partial charge is 0.312 e. The number of aryl methyl sites for hydroxylation is 1. The zero-order valence-electron chi connectivity index (χ0n) is 11.6. The van der Waals surface area contributed by atoms with E-state index < -0.39 is 0 Å². The maximum atomic E-state index is 12.3. The van der Waals surface area contributed by atoms with Crippen LogP contribution in [-0.2, 0) is 11.2 Å². The molecule has 1 fully saturated rings. The fourth-order valence-electron chi connectivity index (χ4n) is 2.84. The van der Waals surface area contributed by atoms with Crippen molar-refractivity contribution in [3.63, 3.8) is 0 Å². The van der Waals surface area contributed by atoms with Crippen LogP contribution in [0.2, 0.25) is 0 Å². The molecule has 2 aliphatic rings. The van der Waals surface area contributed by atoms with Crippen LogP contribution in [0.25, 0.3) is 0 Å². The topological polar surface area (TPSA) is 37.4 Å². The third kappa shape index (κ3) is 2.66. The van der Waals surface area contributed by atoms with Gasteiger partial charge >= 0.3 is 0 Å². The van der Waals surface area contributed by atoms with Gasteiger partial charge in [0.15, 0.2) is 5.78 Å². The number of ketones is 1. The maximum absolute atomic E-state index is 12.3. The molecule has 1 heterocycles. The van der Waals surface area contributed by atoms with Crippen molar-refractivity contribution < 1.29 is 9.59 Å². The molecule has 106 valence electrons. The molecule has 0 saturated heterocycles. The van der Waals surface area contributed by atoms with Gasteiger partial charge in [-0.15, -0.1) is 0 Å². The van der Waals surface area contributed by atoms with E-state index >= 15 is 0 Å². The van der Waals surface area contributed by atoms with E-state index in [1.165, 1.54) is 12.8 Å². The number of anilines is 1. The van der Waals surface area contributed by atoms with Crippen molar-refractivity contribution in [3.05, 3.63) is 27.7 Å². The van der Waals surface area contributed by atoms with Gasteiger partial charge in [-0.25, -0.2) is 0 Å². The van der Waals surface area contributed by atoms with E-state index in [1.807, 2.05) is 12.1 Å². The Morgan fingerprint density at radius 3 is 2.75 bits per heavy atom. The Balaban J connectivity index is 1.97. The van der Waals surface area contributed by atoms with Gasteiger partial charge < -0.3 is 4.90 Å². The summed E-state index contributed by atoms with van der Waals surface area (Å²) >= 11 is 3.52. The van der Waals surface area contributed by atoms with Crippen molar-refractivity contribution in [2.45, 2.75) is 39.0 Å². The van der Waals surface area contributed by atoms with Gasteiger partial charge in [0.05, 0.1) is 0 Å². The van der Waals surface area contributed by atoms with Gasteiger partial charge in [0, 0.05) is 35.6 Å². The molecule has 0 bridgehead atoms. The second-order valence-electron chi connectivity index (χ2n) is 5.81. The molecular weight excluding hydrogens is 318 g/mol. The molecule has 20 heavy (non-hydrogen) atoms. The number of benzene rings is 1. The highest BCUT2D eigenvalue weighted by molar-refractivity contribution is 9.10. The van der Waals surface area contributed by atoms with E-state index in [1.54, 1.807) is 11.8 Å². The predicted molar refractivity (Wildman–Crippen MR) is 82.2 cm³/mol. The molecule has 0 unspecified atom stereocenters. The lowest BCUT2D eigenvalue weighted by Crippen LogP contribution is -2.33. The molecule has 1 saturated carbocycles. The average Bonchev–Trinajstić information content (AvgIpc) is 3.20. The third-order valence-electron chi connectivity index (χ3n) is 4.14. The first-order chi connectivity index (χ1) is 9.56. The van der Waals surface area contributed by atoms with Gasteiger partial charge in [-0.1, -0.05) is 15.9 Å². The molecule has 1 aliphatic carbocycles. The summed E-state index contributed by atoms with van der Waals surface area (Å²) in [6.07, 6.45) is 4.93. The third-order valence-corrected chi connectivity index (χ3v) is 4.79.